The molecule has 3 N–H and O–H groups in total. The van der Waals surface area contributed by atoms with Crippen LogP contribution in [-0.2, 0) is 27.8 Å². The summed E-state index contributed by atoms with van der Waals surface area (Å²) in [6.07, 6.45) is -2.72. The van der Waals surface area contributed by atoms with E-state index in [4.69, 9.17) is 14.9 Å². The van der Waals surface area contributed by atoms with E-state index in [1.165, 1.54) is 0 Å². The topological polar surface area (TPSA) is 271 Å². The van der Waals surface area contributed by atoms with Crippen molar-refractivity contribution in [1.29, 1.82) is 0 Å². The number of rotatable bonds is 7. The average Bonchev–Trinajstić information content (AvgIpc) is 2.08. The van der Waals surface area contributed by atoms with Gasteiger partial charge in [0.25, 0.3) is 0 Å². The first-order valence-corrected chi connectivity index (χ1v) is 7.60. The average molecular weight is 480 g/mol. The number of carbonyl (C=O) groups excluding carboxylic acids is 3. The van der Waals surface area contributed by atoms with Crippen LogP contribution in [0.25, 0.3) is 0 Å². The molecule has 0 aromatic heterocycles. The summed E-state index contributed by atoms with van der Waals surface area (Å²) < 4.78 is 21.7. The molecular weight excluding hydrogens is 473 g/mol. The van der Waals surface area contributed by atoms with E-state index in [0.29, 0.717) is 0 Å². The summed E-state index contributed by atoms with van der Waals surface area (Å²) in [5, 5.41) is 38.9. The number of hydrogen-bond acceptors (Lipinski definition) is 12. The SMILES string of the molecule is O=C([O-])CC(O)(CC(=O)[O-])C(=O)[O-].O=P([O-])([O-])OP(=O)(O)O.[Na+].[Na+].[Na+].[Na+].[Na+]. The predicted octanol–water partition coefficient (Wildman–Crippen LogP) is -22.3. The standard InChI is InChI=1S/C6H8O7.5Na.H4O7P2/c7-3(8)1-6(13,5(11)12)2-4(9)10;;;;;;1-8(2,3)7-9(4,5)6/h13H,1-2H2,(H,7,8)(H,9,10)(H,11,12);;;;;;(H2,1,2,3)(H2,4,5,6)/q;5*+1;/p-5. The molecule has 0 aliphatic rings. The molecule has 0 aromatic rings. The van der Waals surface area contributed by atoms with Gasteiger partial charge in [-0.2, -0.15) is 0 Å². The van der Waals surface area contributed by atoms with Crippen molar-refractivity contribution in [3.05, 3.63) is 0 Å². The normalized spacial score (nSPS) is 9.81. The zero-order chi connectivity index (χ0) is 18.4. The Morgan fingerprint density at radius 2 is 1.07 bits per heavy atom. The van der Waals surface area contributed by atoms with E-state index < -0.39 is 52.0 Å². The molecule has 130 valence electrons. The van der Waals surface area contributed by atoms with Gasteiger partial charge in [0, 0.05) is 24.8 Å². The molecule has 0 fully saturated rings. The number of aliphatic carboxylic acids is 3. The fraction of sp³-hybridized carbons (Fsp3) is 0.500. The summed E-state index contributed by atoms with van der Waals surface area (Å²) >= 11 is 0. The molecule has 0 rings (SSSR count). The molecule has 0 aliphatic heterocycles. The molecule has 0 amide bonds. The second kappa shape index (κ2) is 21.5. The maximum atomic E-state index is 10.1. The summed E-state index contributed by atoms with van der Waals surface area (Å²) in [7, 11) is -10.7. The number of carbonyl (C=O) groups is 3. The van der Waals surface area contributed by atoms with E-state index in [-0.39, 0.29) is 148 Å². The van der Waals surface area contributed by atoms with Crippen molar-refractivity contribution in [3.63, 3.8) is 0 Å². The molecule has 14 nitrogen and oxygen atoms in total. The van der Waals surface area contributed by atoms with E-state index in [0.717, 1.165) is 0 Å². The maximum absolute atomic E-state index is 10.1. The Labute approximate surface area is 263 Å². The Morgan fingerprint density at radius 1 is 0.815 bits per heavy atom. The van der Waals surface area contributed by atoms with Crippen molar-refractivity contribution in [2.75, 3.05) is 0 Å². The Bertz CT molecular complexity index is 494. The van der Waals surface area contributed by atoms with Crippen LogP contribution < -0.4 is 173 Å². The third-order valence-electron chi connectivity index (χ3n) is 1.46. The van der Waals surface area contributed by atoms with Crippen LogP contribution >= 0.6 is 15.6 Å². The fourth-order valence-electron chi connectivity index (χ4n) is 0.815. The molecule has 0 bridgehead atoms. The van der Waals surface area contributed by atoms with Gasteiger partial charge in [0.1, 0.15) is 5.60 Å². The van der Waals surface area contributed by atoms with Crippen molar-refractivity contribution in [1.82, 2.24) is 0 Å². The van der Waals surface area contributed by atoms with Gasteiger partial charge in [-0.15, -0.1) is 0 Å². The largest absolute Gasteiger partial charge is 1.00 e. The molecule has 0 saturated heterocycles. The van der Waals surface area contributed by atoms with Crippen LogP contribution in [0.1, 0.15) is 12.8 Å². The van der Waals surface area contributed by atoms with E-state index in [1.54, 1.807) is 0 Å². The zero-order valence-electron chi connectivity index (χ0n) is 15.1. The first kappa shape index (κ1) is 48.2. The first-order valence-electron chi connectivity index (χ1n) is 4.61. The van der Waals surface area contributed by atoms with Crippen molar-refractivity contribution >= 4 is 33.6 Å². The molecule has 0 atom stereocenters. The molecular formula is C6H7Na5O14P2. The summed E-state index contributed by atoms with van der Waals surface area (Å²) in [4.78, 5) is 64.1. The number of aliphatic hydroxyl groups is 1. The minimum atomic E-state index is -5.55. The second-order valence-electron chi connectivity index (χ2n) is 3.44. The van der Waals surface area contributed by atoms with Crippen LogP contribution in [-0.4, -0.2) is 38.4 Å². The van der Waals surface area contributed by atoms with Crippen LogP contribution in [0.2, 0.25) is 0 Å². The number of hydrogen-bond donors (Lipinski definition) is 3. The zero-order valence-corrected chi connectivity index (χ0v) is 26.9. The molecule has 0 radical (unpaired) electrons. The second-order valence-corrected chi connectivity index (χ2v) is 5.96. The van der Waals surface area contributed by atoms with Gasteiger partial charge in [-0.25, -0.2) is 4.57 Å². The fourth-order valence-corrected chi connectivity index (χ4v) is 1.86. The third kappa shape index (κ3) is 34.4. The Hall–Kier alpha value is 3.63. The monoisotopic (exact) mass is 480 g/mol. The van der Waals surface area contributed by atoms with Gasteiger partial charge < -0.3 is 58.9 Å². The number of carboxylic acid groups (broad SMARTS) is 3. The molecule has 0 spiro atoms. The minimum absolute atomic E-state index is 0. The summed E-state index contributed by atoms with van der Waals surface area (Å²) in [5.41, 5.74) is -2.97. The molecule has 0 heterocycles. The molecule has 21 heteroatoms. The van der Waals surface area contributed by atoms with Crippen molar-refractivity contribution in [3.8, 4) is 0 Å². The van der Waals surface area contributed by atoms with Crippen LogP contribution in [0.3, 0.4) is 0 Å². The van der Waals surface area contributed by atoms with E-state index in [9.17, 15) is 48.6 Å². The first-order chi connectivity index (χ1) is 9.48. The van der Waals surface area contributed by atoms with Crippen LogP contribution in [0.15, 0.2) is 0 Å². The van der Waals surface area contributed by atoms with Crippen molar-refractivity contribution in [2.24, 2.45) is 0 Å². The molecule has 0 unspecified atom stereocenters. The Balaban J connectivity index is -0.0000000521. The predicted molar refractivity (Wildman–Crippen MR) is 49.9 cm³/mol. The van der Waals surface area contributed by atoms with Gasteiger partial charge in [0.2, 0.25) is 0 Å². The van der Waals surface area contributed by atoms with Gasteiger partial charge in [-0.1, -0.05) is 0 Å². The van der Waals surface area contributed by atoms with Gasteiger partial charge in [-0.05, 0) is 0 Å². The Morgan fingerprint density at radius 3 is 1.15 bits per heavy atom. The number of phosphoric acid groups is 2. The van der Waals surface area contributed by atoms with Crippen LogP contribution in [0.5, 0.6) is 0 Å². The summed E-state index contributed by atoms with van der Waals surface area (Å²) in [6, 6.07) is 0. The molecule has 0 saturated carbocycles. The van der Waals surface area contributed by atoms with Gasteiger partial charge >= 0.3 is 156 Å². The maximum Gasteiger partial charge on any atom is 1.00 e. The molecule has 27 heavy (non-hydrogen) atoms. The van der Waals surface area contributed by atoms with Crippen molar-refractivity contribution < 1.29 is 216 Å². The molecule has 0 aromatic carbocycles. The van der Waals surface area contributed by atoms with Crippen LogP contribution in [0, 0.1) is 0 Å². The third-order valence-corrected chi connectivity index (χ3v) is 3.11. The van der Waals surface area contributed by atoms with Gasteiger partial charge in [0.15, 0.2) is 0 Å². The van der Waals surface area contributed by atoms with Crippen LogP contribution in [0.4, 0.5) is 0 Å². The van der Waals surface area contributed by atoms with E-state index in [1.807, 2.05) is 0 Å². The van der Waals surface area contributed by atoms with Crippen molar-refractivity contribution in [2.45, 2.75) is 18.4 Å². The summed E-state index contributed by atoms with van der Waals surface area (Å²) in [5.74, 6) is -5.98. The number of carboxylic acids is 3. The summed E-state index contributed by atoms with van der Waals surface area (Å²) in [6.45, 7) is 0. The van der Waals surface area contributed by atoms with Gasteiger partial charge in [0.05, 0.1) is 13.8 Å². The van der Waals surface area contributed by atoms with E-state index in [2.05, 4.69) is 4.31 Å². The smallest absolute Gasteiger partial charge is 0.789 e. The van der Waals surface area contributed by atoms with E-state index >= 15 is 0 Å². The van der Waals surface area contributed by atoms with Gasteiger partial charge in [-0.3, -0.25) is 4.31 Å². The Kier molecular flexibility index (Phi) is 38.3. The molecule has 0 aliphatic carbocycles. The minimum Gasteiger partial charge on any atom is -0.789 e. The quantitative estimate of drug-likeness (QED) is 0.226.